The van der Waals surface area contributed by atoms with Crippen molar-refractivity contribution in [3.8, 4) is 0 Å². The molecule has 0 unspecified atom stereocenters. The van der Waals surface area contributed by atoms with Gasteiger partial charge in [0.15, 0.2) is 6.61 Å². The van der Waals surface area contributed by atoms with E-state index in [0.717, 1.165) is 6.07 Å². The van der Waals surface area contributed by atoms with E-state index >= 15 is 0 Å². The van der Waals surface area contributed by atoms with Crippen molar-refractivity contribution >= 4 is 29.3 Å². The maximum Gasteiger partial charge on any atom is 0.326 e. The van der Waals surface area contributed by atoms with Gasteiger partial charge >= 0.3 is 5.97 Å². The van der Waals surface area contributed by atoms with E-state index in [0.29, 0.717) is 4.90 Å². The minimum atomic E-state index is -0.984. The monoisotopic (exact) mass is 357 g/mol. The molecule has 1 aromatic carbocycles. The van der Waals surface area contributed by atoms with Crippen LogP contribution in [0, 0.1) is 10.1 Å². The predicted octanol–water partition coefficient (Wildman–Crippen LogP) is 0.945. The maximum absolute atomic E-state index is 12.3. The molecule has 0 aliphatic carbocycles. The lowest BCUT2D eigenvalue weighted by atomic mass is 10.1. The number of carbonyl (C=O) groups excluding carboxylic acids is 4. The first kappa shape index (κ1) is 17.0. The van der Waals surface area contributed by atoms with Crippen molar-refractivity contribution in [1.82, 2.24) is 9.88 Å². The number of imide groups is 1. The Labute approximate surface area is 145 Å². The smallest absolute Gasteiger partial charge is 0.326 e. The Morgan fingerprint density at radius 2 is 1.92 bits per heavy atom. The second kappa shape index (κ2) is 6.59. The van der Waals surface area contributed by atoms with Crippen molar-refractivity contribution in [3.63, 3.8) is 0 Å². The zero-order valence-electron chi connectivity index (χ0n) is 13.1. The Morgan fingerprint density at radius 3 is 2.58 bits per heavy atom. The van der Waals surface area contributed by atoms with Crippen LogP contribution in [0.5, 0.6) is 0 Å². The molecule has 0 atom stereocenters. The number of hydrogen-bond acceptors (Lipinski definition) is 7. The van der Waals surface area contributed by atoms with Gasteiger partial charge in [-0.1, -0.05) is 6.07 Å². The molecule has 0 spiro atoms. The summed E-state index contributed by atoms with van der Waals surface area (Å²) in [4.78, 5) is 61.6. The molecular formula is C16H11N3O7. The number of Topliss-reactive ketones (excluding diaryl/α,β-unsaturated/α-hetero) is 1. The molecule has 1 N–H and O–H groups in total. The number of nitro groups is 1. The molecule has 1 aliphatic heterocycles. The highest BCUT2D eigenvalue weighted by Crippen LogP contribution is 2.30. The van der Waals surface area contributed by atoms with E-state index in [9.17, 15) is 29.3 Å². The van der Waals surface area contributed by atoms with Gasteiger partial charge in [-0.25, -0.2) is 0 Å². The van der Waals surface area contributed by atoms with Gasteiger partial charge < -0.3 is 9.72 Å². The molecule has 3 rings (SSSR count). The first-order valence-corrected chi connectivity index (χ1v) is 7.36. The van der Waals surface area contributed by atoms with Crippen molar-refractivity contribution < 1.29 is 28.8 Å². The molecule has 2 amide bonds. The fourth-order valence-corrected chi connectivity index (χ4v) is 2.51. The SMILES string of the molecule is O=C(CN1C(=O)c2cccc([N+](=O)[O-])c2C1=O)OCC(=O)c1ccc[nH]1. The number of hydrogen-bond donors (Lipinski definition) is 1. The fourth-order valence-electron chi connectivity index (χ4n) is 2.51. The van der Waals surface area contributed by atoms with E-state index in [1.807, 2.05) is 0 Å². The summed E-state index contributed by atoms with van der Waals surface area (Å²) < 4.78 is 4.77. The molecule has 132 valence electrons. The summed E-state index contributed by atoms with van der Waals surface area (Å²) in [7, 11) is 0. The molecule has 10 heteroatoms. The molecule has 0 saturated heterocycles. The number of ether oxygens (including phenoxy) is 1. The zero-order valence-corrected chi connectivity index (χ0v) is 13.1. The van der Waals surface area contributed by atoms with E-state index in [4.69, 9.17) is 4.74 Å². The average Bonchev–Trinajstić information content (AvgIpc) is 3.23. The largest absolute Gasteiger partial charge is 0.456 e. The standard InChI is InChI=1S/C16H11N3O7/c20-12(10-4-2-6-17-10)8-26-13(21)7-18-15(22)9-3-1-5-11(19(24)25)14(9)16(18)23/h1-6,17H,7-8H2. The summed E-state index contributed by atoms with van der Waals surface area (Å²) >= 11 is 0. The summed E-state index contributed by atoms with van der Waals surface area (Å²) in [5, 5.41) is 11.0. The van der Waals surface area contributed by atoms with Gasteiger partial charge in [-0.3, -0.25) is 34.2 Å². The molecular weight excluding hydrogens is 346 g/mol. The van der Waals surface area contributed by atoms with Crippen LogP contribution in [0.2, 0.25) is 0 Å². The number of carbonyl (C=O) groups is 4. The Hall–Kier alpha value is -3.82. The lowest BCUT2D eigenvalue weighted by molar-refractivity contribution is -0.385. The van der Waals surface area contributed by atoms with E-state index in [1.54, 1.807) is 6.07 Å². The lowest BCUT2D eigenvalue weighted by Gasteiger charge is -2.12. The molecule has 0 bridgehead atoms. The Balaban J connectivity index is 1.69. The van der Waals surface area contributed by atoms with Crippen molar-refractivity contribution in [3.05, 3.63) is 63.5 Å². The van der Waals surface area contributed by atoms with Crippen molar-refractivity contribution in [2.24, 2.45) is 0 Å². The first-order valence-electron chi connectivity index (χ1n) is 7.36. The third kappa shape index (κ3) is 2.95. The number of nitrogens with zero attached hydrogens (tertiary/aromatic N) is 2. The van der Waals surface area contributed by atoms with Crippen LogP contribution < -0.4 is 0 Å². The summed E-state index contributed by atoms with van der Waals surface area (Å²) in [6, 6.07) is 6.74. The molecule has 1 aliphatic rings. The fraction of sp³-hybridized carbons (Fsp3) is 0.125. The number of fused-ring (bicyclic) bond motifs is 1. The van der Waals surface area contributed by atoms with Gasteiger partial charge in [0.2, 0.25) is 5.78 Å². The van der Waals surface area contributed by atoms with Gasteiger partial charge in [-0.05, 0) is 18.2 Å². The van der Waals surface area contributed by atoms with Gasteiger partial charge in [-0.2, -0.15) is 0 Å². The lowest BCUT2D eigenvalue weighted by Crippen LogP contribution is -2.36. The molecule has 26 heavy (non-hydrogen) atoms. The highest BCUT2D eigenvalue weighted by Gasteiger charge is 2.41. The van der Waals surface area contributed by atoms with Crippen LogP contribution in [-0.4, -0.2) is 51.5 Å². The summed E-state index contributed by atoms with van der Waals surface area (Å²) in [6.45, 7) is -1.32. The van der Waals surface area contributed by atoms with Crippen LogP contribution in [0.15, 0.2) is 36.5 Å². The van der Waals surface area contributed by atoms with Gasteiger partial charge in [-0.15, -0.1) is 0 Å². The molecule has 2 aromatic rings. The van der Waals surface area contributed by atoms with Crippen LogP contribution in [-0.2, 0) is 9.53 Å². The molecule has 1 aromatic heterocycles. The third-order valence-corrected chi connectivity index (χ3v) is 3.72. The van der Waals surface area contributed by atoms with E-state index in [-0.39, 0.29) is 16.8 Å². The summed E-state index contributed by atoms with van der Waals surface area (Å²) in [6.07, 6.45) is 1.53. The number of aromatic nitrogens is 1. The second-order valence-electron chi connectivity index (χ2n) is 5.32. The third-order valence-electron chi connectivity index (χ3n) is 3.72. The normalized spacial score (nSPS) is 12.8. The van der Waals surface area contributed by atoms with Gasteiger partial charge in [0.25, 0.3) is 17.5 Å². The number of nitro benzene ring substituents is 1. The number of amides is 2. The van der Waals surface area contributed by atoms with Crippen LogP contribution in [0.25, 0.3) is 0 Å². The molecule has 0 fully saturated rings. The Morgan fingerprint density at radius 1 is 1.15 bits per heavy atom. The van der Waals surface area contributed by atoms with E-state index in [1.165, 1.54) is 24.4 Å². The van der Waals surface area contributed by atoms with Gasteiger partial charge in [0, 0.05) is 12.3 Å². The first-order chi connectivity index (χ1) is 12.4. The Bertz CT molecular complexity index is 933. The topological polar surface area (TPSA) is 140 Å². The number of ketones is 1. The number of H-pyrrole nitrogens is 1. The summed E-state index contributed by atoms with van der Waals surface area (Å²) in [5.74, 6) is -3.25. The molecule has 0 saturated carbocycles. The number of aromatic amines is 1. The Kier molecular flexibility index (Phi) is 4.31. The van der Waals surface area contributed by atoms with Crippen molar-refractivity contribution in [2.45, 2.75) is 0 Å². The van der Waals surface area contributed by atoms with Gasteiger partial charge in [0.1, 0.15) is 12.1 Å². The molecule has 10 nitrogen and oxygen atoms in total. The highest BCUT2D eigenvalue weighted by molar-refractivity contribution is 6.24. The summed E-state index contributed by atoms with van der Waals surface area (Å²) in [5.41, 5.74) is -0.787. The van der Waals surface area contributed by atoms with Gasteiger partial charge in [0.05, 0.1) is 16.2 Å². The number of nitrogens with one attached hydrogen (secondary N) is 1. The van der Waals surface area contributed by atoms with E-state index in [2.05, 4.69) is 4.98 Å². The number of rotatable bonds is 6. The van der Waals surface area contributed by atoms with Crippen LogP contribution in [0.1, 0.15) is 31.2 Å². The minimum Gasteiger partial charge on any atom is -0.456 e. The van der Waals surface area contributed by atoms with Crippen LogP contribution in [0.3, 0.4) is 0 Å². The molecule has 0 radical (unpaired) electrons. The maximum atomic E-state index is 12.3. The highest BCUT2D eigenvalue weighted by atomic mass is 16.6. The number of esters is 1. The van der Waals surface area contributed by atoms with Crippen LogP contribution in [0.4, 0.5) is 5.69 Å². The predicted molar refractivity (Wildman–Crippen MR) is 84.5 cm³/mol. The van der Waals surface area contributed by atoms with Crippen molar-refractivity contribution in [1.29, 1.82) is 0 Å². The van der Waals surface area contributed by atoms with Crippen molar-refractivity contribution in [2.75, 3.05) is 13.2 Å². The second-order valence-corrected chi connectivity index (χ2v) is 5.32. The quantitative estimate of drug-likeness (QED) is 0.267. The zero-order chi connectivity index (χ0) is 18.8. The minimum absolute atomic E-state index is 0.153. The average molecular weight is 357 g/mol. The molecule has 2 heterocycles. The number of benzene rings is 1. The van der Waals surface area contributed by atoms with Crippen LogP contribution >= 0.6 is 0 Å². The van der Waals surface area contributed by atoms with E-state index < -0.39 is 47.3 Å².